The van der Waals surface area contributed by atoms with Gasteiger partial charge < -0.3 is 15.2 Å². The second-order valence-corrected chi connectivity index (χ2v) is 5.10. The molecule has 0 radical (unpaired) electrons. The molecule has 9 heteroatoms. The summed E-state index contributed by atoms with van der Waals surface area (Å²) in [5.74, 6) is 0. The summed E-state index contributed by atoms with van der Waals surface area (Å²) in [6, 6.07) is 4.62. The van der Waals surface area contributed by atoms with Gasteiger partial charge in [-0.15, -0.1) is 0 Å². The van der Waals surface area contributed by atoms with Crippen molar-refractivity contribution >= 4 is 11.7 Å². The Morgan fingerprint density at radius 1 is 1.38 bits per heavy atom. The number of hydrogen-bond acceptors (Lipinski definition) is 3. The number of nitrogens with one attached hydrogen (secondary N) is 2. The number of rotatable bonds is 3. The van der Waals surface area contributed by atoms with Crippen LogP contribution in [0.5, 0.6) is 0 Å². The number of carbonyl (C=O) groups is 1. The topological polar surface area (TPSA) is 78.1 Å². The van der Waals surface area contributed by atoms with Gasteiger partial charge in [-0.05, 0) is 25.1 Å². The Morgan fingerprint density at radius 3 is 2.67 bits per heavy atom. The summed E-state index contributed by atoms with van der Waals surface area (Å²) in [6.07, 6.45) is -2.51. The van der Waals surface area contributed by atoms with Gasteiger partial charge in [0, 0.05) is 19.4 Å². The van der Waals surface area contributed by atoms with Crippen LogP contribution in [0.3, 0.4) is 0 Å². The van der Waals surface area contributed by atoms with Crippen LogP contribution in [-0.4, -0.2) is 27.9 Å². The number of carbonyl (C=O) groups excluding carboxylic acids is 1. The molecule has 2 heterocycles. The van der Waals surface area contributed by atoms with E-state index in [0.717, 1.165) is 0 Å². The van der Waals surface area contributed by atoms with Crippen molar-refractivity contribution < 1.29 is 18.0 Å². The number of aromatic nitrogens is 2. The second kappa shape index (κ2) is 6.73. The highest BCUT2D eigenvalue weighted by molar-refractivity contribution is 5.89. The largest absolute Gasteiger partial charge is 0.417 e. The lowest BCUT2D eigenvalue weighted by molar-refractivity contribution is -0.137. The van der Waals surface area contributed by atoms with Crippen molar-refractivity contribution in [3.05, 3.63) is 58.3 Å². The number of nitrogens with zero attached hydrogens (tertiary/aromatic N) is 2. The molecule has 0 fully saturated rings. The summed E-state index contributed by atoms with van der Waals surface area (Å²) < 4.78 is 38.1. The molecule has 6 nitrogen and oxygen atoms in total. The number of pyridine rings is 2. The van der Waals surface area contributed by atoms with Gasteiger partial charge in [0.1, 0.15) is 5.69 Å². The molecule has 0 saturated heterocycles. The van der Waals surface area contributed by atoms with Gasteiger partial charge >= 0.3 is 12.2 Å². The number of hydrogen-bond donors (Lipinski definition) is 2. The number of halogens is 3. The number of urea groups is 1. The molecule has 1 atom stereocenters. The molecular weight excluding hydrogens is 325 g/mol. The van der Waals surface area contributed by atoms with E-state index in [2.05, 4.69) is 10.3 Å². The Balaban J connectivity index is 2.19. The molecule has 0 aliphatic heterocycles. The lowest BCUT2D eigenvalue weighted by Crippen LogP contribution is -2.35. The number of anilines is 1. The number of H-pyrrole nitrogens is 1. The number of amides is 2. The third-order valence-electron chi connectivity index (χ3n) is 3.49. The number of alkyl halides is 3. The van der Waals surface area contributed by atoms with Crippen molar-refractivity contribution in [1.29, 1.82) is 0 Å². The maximum absolute atomic E-state index is 12.7. The molecule has 0 bridgehead atoms. The van der Waals surface area contributed by atoms with Gasteiger partial charge in [0.15, 0.2) is 0 Å². The van der Waals surface area contributed by atoms with Gasteiger partial charge in [0.05, 0.1) is 17.3 Å². The molecule has 0 saturated carbocycles. The minimum atomic E-state index is -4.63. The summed E-state index contributed by atoms with van der Waals surface area (Å²) in [5.41, 5.74) is -1.75. The van der Waals surface area contributed by atoms with E-state index < -0.39 is 35.1 Å². The Morgan fingerprint density at radius 2 is 2.08 bits per heavy atom. The third-order valence-corrected chi connectivity index (χ3v) is 3.49. The second-order valence-electron chi connectivity index (χ2n) is 5.10. The van der Waals surface area contributed by atoms with Gasteiger partial charge in [-0.3, -0.25) is 9.78 Å². The molecule has 24 heavy (non-hydrogen) atoms. The lowest BCUT2D eigenvalue weighted by atomic mass is 10.2. The average Bonchev–Trinajstić information content (AvgIpc) is 2.55. The van der Waals surface area contributed by atoms with Crippen LogP contribution in [-0.2, 0) is 6.18 Å². The van der Waals surface area contributed by atoms with Gasteiger partial charge in [-0.1, -0.05) is 6.07 Å². The average molecular weight is 340 g/mol. The molecule has 2 rings (SSSR count). The van der Waals surface area contributed by atoms with Crippen LogP contribution in [0.1, 0.15) is 24.2 Å². The third kappa shape index (κ3) is 3.92. The standard InChI is InChI=1S/C15H15F3N4O2/c1-9(11-5-3-4-6-19-11)22(2)14(24)21-12-7-10(15(16,17)18)8-20-13(12)23/h3-9H,1-2H3,(H,20,23)(H,21,24). The summed E-state index contributed by atoms with van der Waals surface area (Å²) in [6.45, 7) is 1.71. The quantitative estimate of drug-likeness (QED) is 0.901. The first-order valence-corrected chi connectivity index (χ1v) is 6.95. The smallest absolute Gasteiger partial charge is 0.327 e. The first-order valence-electron chi connectivity index (χ1n) is 6.95. The van der Waals surface area contributed by atoms with Crippen molar-refractivity contribution in [2.24, 2.45) is 0 Å². The zero-order valence-electron chi connectivity index (χ0n) is 12.9. The molecule has 2 aromatic rings. The van der Waals surface area contributed by atoms with Crippen molar-refractivity contribution in [2.75, 3.05) is 12.4 Å². The van der Waals surface area contributed by atoms with E-state index in [1.807, 2.05) is 4.98 Å². The molecule has 0 aliphatic rings. The molecule has 128 valence electrons. The Bertz CT molecular complexity index is 774. The Hall–Kier alpha value is -2.84. The van der Waals surface area contributed by atoms with Crippen LogP contribution in [0.4, 0.5) is 23.7 Å². The van der Waals surface area contributed by atoms with Gasteiger partial charge in [0.25, 0.3) is 5.56 Å². The van der Waals surface area contributed by atoms with E-state index in [0.29, 0.717) is 18.0 Å². The predicted octanol–water partition coefficient (Wildman–Crippen LogP) is 3.01. The van der Waals surface area contributed by atoms with Crippen LogP contribution >= 0.6 is 0 Å². The van der Waals surface area contributed by atoms with Crippen LogP contribution in [0, 0.1) is 0 Å². The van der Waals surface area contributed by atoms with Crippen LogP contribution < -0.4 is 10.9 Å². The van der Waals surface area contributed by atoms with Gasteiger partial charge in [-0.2, -0.15) is 13.2 Å². The van der Waals surface area contributed by atoms with E-state index in [4.69, 9.17) is 0 Å². The van der Waals surface area contributed by atoms with E-state index in [1.54, 1.807) is 31.3 Å². The SMILES string of the molecule is CC(c1ccccn1)N(C)C(=O)Nc1cc(C(F)(F)F)c[nH]c1=O. The molecule has 1 unspecified atom stereocenters. The minimum absolute atomic E-state index is 0.434. The highest BCUT2D eigenvalue weighted by Crippen LogP contribution is 2.29. The van der Waals surface area contributed by atoms with Crippen molar-refractivity contribution in [3.63, 3.8) is 0 Å². The fraction of sp³-hybridized carbons (Fsp3) is 0.267. The summed E-state index contributed by atoms with van der Waals surface area (Å²) >= 11 is 0. The normalized spacial score (nSPS) is 12.5. The maximum atomic E-state index is 12.7. The summed E-state index contributed by atoms with van der Waals surface area (Å²) in [4.78, 5) is 31.1. The van der Waals surface area contributed by atoms with Crippen LogP contribution in [0.2, 0.25) is 0 Å². The number of aromatic amines is 1. The highest BCUT2D eigenvalue weighted by Gasteiger charge is 2.31. The molecule has 2 amide bonds. The molecule has 0 aromatic carbocycles. The van der Waals surface area contributed by atoms with Crippen molar-refractivity contribution in [2.45, 2.75) is 19.1 Å². The van der Waals surface area contributed by atoms with Crippen molar-refractivity contribution in [3.8, 4) is 0 Å². The maximum Gasteiger partial charge on any atom is 0.417 e. The van der Waals surface area contributed by atoms with E-state index in [-0.39, 0.29) is 0 Å². The van der Waals surface area contributed by atoms with Gasteiger partial charge in [-0.25, -0.2) is 4.79 Å². The Kier molecular flexibility index (Phi) is 4.91. The minimum Gasteiger partial charge on any atom is -0.327 e. The molecule has 0 aliphatic carbocycles. The van der Waals surface area contributed by atoms with E-state index in [1.165, 1.54) is 11.9 Å². The lowest BCUT2D eigenvalue weighted by Gasteiger charge is -2.24. The van der Waals surface area contributed by atoms with Crippen molar-refractivity contribution in [1.82, 2.24) is 14.9 Å². The first kappa shape index (κ1) is 17.5. The summed E-state index contributed by atoms with van der Waals surface area (Å²) in [7, 11) is 1.45. The monoisotopic (exact) mass is 340 g/mol. The molecule has 2 aromatic heterocycles. The summed E-state index contributed by atoms with van der Waals surface area (Å²) in [5, 5.41) is 2.19. The highest BCUT2D eigenvalue weighted by atomic mass is 19.4. The molecule has 2 N–H and O–H groups in total. The molecule has 0 spiro atoms. The van der Waals surface area contributed by atoms with E-state index in [9.17, 15) is 22.8 Å². The first-order chi connectivity index (χ1) is 11.2. The fourth-order valence-electron chi connectivity index (χ4n) is 1.94. The molecular formula is C15H15F3N4O2. The van der Waals surface area contributed by atoms with E-state index >= 15 is 0 Å². The zero-order chi connectivity index (χ0) is 17.9. The predicted molar refractivity (Wildman–Crippen MR) is 81.5 cm³/mol. The zero-order valence-corrected chi connectivity index (χ0v) is 12.9. The Labute approximate surface area is 135 Å². The van der Waals surface area contributed by atoms with Crippen LogP contribution in [0.25, 0.3) is 0 Å². The van der Waals surface area contributed by atoms with Gasteiger partial charge in [0.2, 0.25) is 0 Å². The van der Waals surface area contributed by atoms with Crippen LogP contribution in [0.15, 0.2) is 41.5 Å². The fourth-order valence-corrected chi connectivity index (χ4v) is 1.94.